The Morgan fingerprint density at radius 2 is 2.21 bits per heavy atom. The highest BCUT2D eigenvalue weighted by Crippen LogP contribution is 2.33. The first-order valence-corrected chi connectivity index (χ1v) is 7.01. The van der Waals surface area contributed by atoms with Crippen LogP contribution < -0.4 is 4.90 Å². The van der Waals surface area contributed by atoms with Gasteiger partial charge in [0.15, 0.2) is 0 Å². The number of amides is 1. The van der Waals surface area contributed by atoms with Gasteiger partial charge in [0.2, 0.25) is 5.91 Å². The molecule has 1 aromatic rings. The number of carbonyl (C=O) groups is 1. The Kier molecular flexibility index (Phi) is 3.37. The van der Waals surface area contributed by atoms with Gasteiger partial charge in [0, 0.05) is 37.7 Å². The molecule has 2 aliphatic heterocycles. The van der Waals surface area contributed by atoms with Crippen LogP contribution in [0.4, 0.5) is 5.69 Å². The molecule has 2 saturated heterocycles. The molecule has 3 rings (SSSR count). The highest BCUT2D eigenvalue weighted by Gasteiger charge is 2.36. The number of para-hydroxylation sites is 1. The Balaban J connectivity index is 1.86. The summed E-state index contributed by atoms with van der Waals surface area (Å²) in [5.74, 6) is 0.270. The SMILES string of the molecule is O=C1CCC2CN(c3c(Cl)cccc3CO)CCN12. The van der Waals surface area contributed by atoms with Crippen LogP contribution in [0.3, 0.4) is 0 Å². The zero-order valence-corrected chi connectivity index (χ0v) is 11.4. The van der Waals surface area contributed by atoms with Crippen LogP contribution >= 0.6 is 11.6 Å². The molecule has 1 unspecified atom stereocenters. The number of piperazine rings is 1. The highest BCUT2D eigenvalue weighted by molar-refractivity contribution is 6.33. The van der Waals surface area contributed by atoms with Crippen LogP contribution in [0.2, 0.25) is 5.02 Å². The predicted octanol–water partition coefficient (Wildman–Crippen LogP) is 1.64. The van der Waals surface area contributed by atoms with Gasteiger partial charge in [-0.2, -0.15) is 0 Å². The Bertz CT molecular complexity index is 506. The molecule has 2 fully saturated rings. The fourth-order valence-electron chi connectivity index (χ4n) is 3.11. The molecule has 2 heterocycles. The lowest BCUT2D eigenvalue weighted by Crippen LogP contribution is -2.51. The second-order valence-electron chi connectivity index (χ2n) is 5.13. The van der Waals surface area contributed by atoms with Gasteiger partial charge >= 0.3 is 0 Å². The summed E-state index contributed by atoms with van der Waals surface area (Å²) < 4.78 is 0. The van der Waals surface area contributed by atoms with Crippen molar-refractivity contribution in [2.45, 2.75) is 25.5 Å². The standard InChI is InChI=1S/C14H17ClN2O2/c15-12-3-1-2-10(9-18)14(12)16-6-7-17-11(8-16)4-5-13(17)19/h1-3,11,18H,4-9H2. The fourth-order valence-corrected chi connectivity index (χ4v) is 3.42. The van der Waals surface area contributed by atoms with Crippen molar-refractivity contribution >= 4 is 23.2 Å². The molecule has 19 heavy (non-hydrogen) atoms. The zero-order chi connectivity index (χ0) is 13.4. The number of benzene rings is 1. The summed E-state index contributed by atoms with van der Waals surface area (Å²) >= 11 is 6.28. The molecular weight excluding hydrogens is 264 g/mol. The number of nitrogens with zero attached hydrogens (tertiary/aromatic N) is 2. The maximum atomic E-state index is 11.7. The molecule has 0 bridgehead atoms. The van der Waals surface area contributed by atoms with Gasteiger partial charge in [-0.05, 0) is 12.5 Å². The fraction of sp³-hybridized carbons (Fsp3) is 0.500. The maximum Gasteiger partial charge on any atom is 0.223 e. The van der Waals surface area contributed by atoms with Crippen LogP contribution in [-0.2, 0) is 11.4 Å². The number of hydrogen-bond donors (Lipinski definition) is 1. The van der Waals surface area contributed by atoms with Crippen molar-refractivity contribution in [1.82, 2.24) is 4.90 Å². The van der Waals surface area contributed by atoms with E-state index in [0.29, 0.717) is 17.5 Å². The summed E-state index contributed by atoms with van der Waals surface area (Å²) in [7, 11) is 0. The minimum atomic E-state index is -0.0142. The summed E-state index contributed by atoms with van der Waals surface area (Å²) in [6.07, 6.45) is 1.59. The Morgan fingerprint density at radius 1 is 1.37 bits per heavy atom. The van der Waals surface area contributed by atoms with Gasteiger partial charge in [-0.15, -0.1) is 0 Å². The lowest BCUT2D eigenvalue weighted by atomic mass is 10.1. The normalized spacial score (nSPS) is 22.8. The van der Waals surface area contributed by atoms with Crippen molar-refractivity contribution in [1.29, 1.82) is 0 Å². The molecule has 0 spiro atoms. The van der Waals surface area contributed by atoms with Gasteiger partial charge in [-0.25, -0.2) is 0 Å². The van der Waals surface area contributed by atoms with Crippen LogP contribution in [0.1, 0.15) is 18.4 Å². The van der Waals surface area contributed by atoms with Gasteiger partial charge in [-0.1, -0.05) is 23.7 Å². The minimum absolute atomic E-state index is 0.0142. The van der Waals surface area contributed by atoms with Gasteiger partial charge < -0.3 is 14.9 Å². The van der Waals surface area contributed by atoms with E-state index in [1.807, 2.05) is 23.1 Å². The molecule has 1 atom stereocenters. The lowest BCUT2D eigenvalue weighted by Gasteiger charge is -2.39. The second kappa shape index (κ2) is 5.02. The van der Waals surface area contributed by atoms with E-state index in [1.165, 1.54) is 0 Å². The van der Waals surface area contributed by atoms with Crippen LogP contribution in [0.25, 0.3) is 0 Å². The molecule has 0 aromatic heterocycles. The summed E-state index contributed by atoms with van der Waals surface area (Å²) in [4.78, 5) is 15.9. The van der Waals surface area contributed by atoms with E-state index in [2.05, 4.69) is 4.90 Å². The van der Waals surface area contributed by atoms with Crippen molar-refractivity contribution in [2.24, 2.45) is 0 Å². The Labute approximate surface area is 117 Å². The van der Waals surface area contributed by atoms with E-state index in [4.69, 9.17) is 11.6 Å². The number of aliphatic hydroxyl groups excluding tert-OH is 1. The second-order valence-corrected chi connectivity index (χ2v) is 5.54. The van der Waals surface area contributed by atoms with E-state index >= 15 is 0 Å². The molecule has 1 amide bonds. The number of rotatable bonds is 2. The van der Waals surface area contributed by atoms with Crippen LogP contribution in [0.5, 0.6) is 0 Å². The van der Waals surface area contributed by atoms with Crippen molar-refractivity contribution < 1.29 is 9.90 Å². The number of hydrogen-bond acceptors (Lipinski definition) is 3. The van der Waals surface area contributed by atoms with E-state index in [0.717, 1.165) is 37.3 Å². The number of halogens is 1. The van der Waals surface area contributed by atoms with Gasteiger partial charge in [-0.3, -0.25) is 4.79 Å². The van der Waals surface area contributed by atoms with Gasteiger partial charge in [0.25, 0.3) is 0 Å². The van der Waals surface area contributed by atoms with Crippen molar-refractivity contribution in [2.75, 3.05) is 24.5 Å². The van der Waals surface area contributed by atoms with E-state index in [-0.39, 0.29) is 12.5 Å². The van der Waals surface area contributed by atoms with Crippen molar-refractivity contribution in [3.63, 3.8) is 0 Å². The first-order valence-electron chi connectivity index (χ1n) is 6.63. The zero-order valence-electron chi connectivity index (χ0n) is 10.7. The molecule has 0 saturated carbocycles. The van der Waals surface area contributed by atoms with Crippen molar-refractivity contribution in [3.05, 3.63) is 28.8 Å². The lowest BCUT2D eigenvalue weighted by molar-refractivity contribution is -0.129. The number of anilines is 1. The van der Waals surface area contributed by atoms with E-state index in [1.54, 1.807) is 0 Å². The van der Waals surface area contributed by atoms with E-state index < -0.39 is 0 Å². The molecule has 102 valence electrons. The monoisotopic (exact) mass is 280 g/mol. The first-order chi connectivity index (χ1) is 9.20. The van der Waals surface area contributed by atoms with Crippen LogP contribution in [-0.4, -0.2) is 41.6 Å². The van der Waals surface area contributed by atoms with Gasteiger partial charge in [0.1, 0.15) is 0 Å². The topological polar surface area (TPSA) is 43.8 Å². The third kappa shape index (κ3) is 2.19. The number of fused-ring (bicyclic) bond motifs is 1. The Morgan fingerprint density at radius 3 is 3.00 bits per heavy atom. The smallest absolute Gasteiger partial charge is 0.223 e. The summed E-state index contributed by atoms with van der Waals surface area (Å²) in [5, 5.41) is 10.1. The minimum Gasteiger partial charge on any atom is -0.392 e. The third-order valence-corrected chi connectivity index (χ3v) is 4.36. The number of carbonyl (C=O) groups excluding carboxylic acids is 1. The predicted molar refractivity (Wildman–Crippen MR) is 74.3 cm³/mol. The molecule has 0 radical (unpaired) electrons. The first kappa shape index (κ1) is 12.8. The molecule has 2 aliphatic rings. The highest BCUT2D eigenvalue weighted by atomic mass is 35.5. The van der Waals surface area contributed by atoms with Gasteiger partial charge in [0.05, 0.1) is 17.3 Å². The molecule has 5 heteroatoms. The molecular formula is C14H17ClN2O2. The summed E-state index contributed by atoms with van der Waals surface area (Å²) in [6, 6.07) is 5.89. The summed E-state index contributed by atoms with van der Waals surface area (Å²) in [6.45, 7) is 2.32. The molecule has 1 N–H and O–H groups in total. The molecule has 0 aliphatic carbocycles. The van der Waals surface area contributed by atoms with Crippen LogP contribution in [0, 0.1) is 0 Å². The average Bonchev–Trinajstić information content (AvgIpc) is 2.79. The summed E-state index contributed by atoms with van der Waals surface area (Å²) in [5.41, 5.74) is 1.77. The molecule has 1 aromatic carbocycles. The number of aliphatic hydroxyl groups is 1. The maximum absolute atomic E-state index is 11.7. The largest absolute Gasteiger partial charge is 0.392 e. The third-order valence-electron chi connectivity index (χ3n) is 4.05. The average molecular weight is 281 g/mol. The Hall–Kier alpha value is -1.26. The van der Waals surface area contributed by atoms with Crippen molar-refractivity contribution in [3.8, 4) is 0 Å². The molecule has 4 nitrogen and oxygen atoms in total. The van der Waals surface area contributed by atoms with E-state index in [9.17, 15) is 9.90 Å². The van der Waals surface area contributed by atoms with Crippen LogP contribution in [0.15, 0.2) is 18.2 Å². The quantitative estimate of drug-likeness (QED) is 0.896.